The Labute approximate surface area is 162 Å². The lowest BCUT2D eigenvalue weighted by atomic mass is 10.1. The summed E-state index contributed by atoms with van der Waals surface area (Å²) in [6.07, 6.45) is 1.44. The van der Waals surface area contributed by atoms with Gasteiger partial charge in [0.2, 0.25) is 5.91 Å². The Balaban J connectivity index is 1.60. The second-order valence-corrected chi connectivity index (χ2v) is 7.82. The van der Waals surface area contributed by atoms with Crippen LogP contribution in [0.4, 0.5) is 0 Å². The molecule has 0 radical (unpaired) electrons. The minimum Gasteiger partial charge on any atom is -0.356 e. The monoisotopic (exact) mass is 391 g/mol. The van der Waals surface area contributed by atoms with Crippen molar-refractivity contribution in [2.24, 2.45) is 0 Å². The summed E-state index contributed by atoms with van der Waals surface area (Å²) in [6.45, 7) is 2.46. The van der Waals surface area contributed by atoms with Crippen LogP contribution >= 0.6 is 22.9 Å². The standard InChI is InChI=1S/C20H22ClNO3S/c1-14-2-10-19(26-14)18(24)9-7-17(23)8-11-20(25)22-13-12-15-3-5-16(21)6-4-15/h2-6,10H,7-9,11-13H2,1H3,(H,22,25). The number of nitrogens with one attached hydrogen (secondary N) is 1. The lowest BCUT2D eigenvalue weighted by Crippen LogP contribution is -2.26. The van der Waals surface area contributed by atoms with E-state index in [2.05, 4.69) is 5.32 Å². The van der Waals surface area contributed by atoms with Gasteiger partial charge < -0.3 is 5.32 Å². The van der Waals surface area contributed by atoms with Crippen LogP contribution in [0, 0.1) is 6.92 Å². The molecule has 1 heterocycles. The Morgan fingerprint density at radius 1 is 0.962 bits per heavy atom. The number of thiophene rings is 1. The van der Waals surface area contributed by atoms with Gasteiger partial charge in [0.1, 0.15) is 5.78 Å². The number of benzene rings is 1. The highest BCUT2D eigenvalue weighted by atomic mass is 35.5. The first kappa shape index (κ1) is 20.3. The summed E-state index contributed by atoms with van der Waals surface area (Å²) in [4.78, 5) is 37.4. The summed E-state index contributed by atoms with van der Waals surface area (Å²) in [5.41, 5.74) is 1.09. The average molecular weight is 392 g/mol. The van der Waals surface area contributed by atoms with Crippen LogP contribution in [0.15, 0.2) is 36.4 Å². The molecule has 1 aromatic heterocycles. The predicted molar refractivity (Wildman–Crippen MR) is 105 cm³/mol. The molecule has 1 N–H and O–H groups in total. The Bertz CT molecular complexity index is 768. The number of ketones is 2. The van der Waals surface area contributed by atoms with Crippen molar-refractivity contribution in [3.63, 3.8) is 0 Å². The first-order valence-corrected chi connectivity index (χ1v) is 9.76. The molecule has 0 aliphatic rings. The van der Waals surface area contributed by atoms with E-state index in [0.717, 1.165) is 10.4 Å². The Morgan fingerprint density at radius 3 is 2.31 bits per heavy atom. The largest absolute Gasteiger partial charge is 0.356 e. The molecule has 0 saturated carbocycles. The Morgan fingerprint density at radius 2 is 1.65 bits per heavy atom. The van der Waals surface area contributed by atoms with Crippen molar-refractivity contribution in [3.05, 3.63) is 56.7 Å². The number of carbonyl (C=O) groups excluding carboxylic acids is 3. The number of amides is 1. The first-order chi connectivity index (χ1) is 12.4. The van der Waals surface area contributed by atoms with E-state index < -0.39 is 0 Å². The summed E-state index contributed by atoms with van der Waals surface area (Å²) in [7, 11) is 0. The molecule has 0 fully saturated rings. The SMILES string of the molecule is Cc1ccc(C(=O)CCC(=O)CCC(=O)NCCc2ccc(Cl)cc2)s1. The van der Waals surface area contributed by atoms with Gasteiger partial charge in [0, 0.05) is 42.1 Å². The van der Waals surface area contributed by atoms with Crippen LogP contribution in [-0.4, -0.2) is 24.0 Å². The third-order valence-corrected chi connectivity index (χ3v) is 5.22. The number of halogens is 1. The molecule has 4 nitrogen and oxygen atoms in total. The van der Waals surface area contributed by atoms with Gasteiger partial charge in [-0.05, 0) is 43.2 Å². The van der Waals surface area contributed by atoms with Gasteiger partial charge in [0.05, 0.1) is 4.88 Å². The summed E-state index contributed by atoms with van der Waals surface area (Å²) in [5.74, 6) is -0.212. The fourth-order valence-electron chi connectivity index (χ4n) is 2.42. The van der Waals surface area contributed by atoms with Crippen molar-refractivity contribution in [3.8, 4) is 0 Å². The molecule has 138 valence electrons. The van der Waals surface area contributed by atoms with Gasteiger partial charge in [-0.3, -0.25) is 14.4 Å². The summed E-state index contributed by atoms with van der Waals surface area (Å²) >= 11 is 7.27. The number of carbonyl (C=O) groups is 3. The normalized spacial score (nSPS) is 10.5. The van der Waals surface area contributed by atoms with E-state index in [1.807, 2.05) is 37.3 Å². The molecule has 0 spiro atoms. The molecule has 0 saturated heterocycles. The van der Waals surface area contributed by atoms with Gasteiger partial charge in [0.25, 0.3) is 0 Å². The van der Waals surface area contributed by atoms with E-state index in [-0.39, 0.29) is 43.2 Å². The maximum Gasteiger partial charge on any atom is 0.220 e. The quantitative estimate of drug-likeness (QED) is 0.611. The zero-order valence-corrected chi connectivity index (χ0v) is 16.3. The first-order valence-electron chi connectivity index (χ1n) is 8.56. The van der Waals surface area contributed by atoms with Gasteiger partial charge in [-0.15, -0.1) is 11.3 Å². The van der Waals surface area contributed by atoms with E-state index >= 15 is 0 Å². The molecule has 0 atom stereocenters. The maximum atomic E-state index is 12.0. The molecule has 0 unspecified atom stereocenters. The highest BCUT2D eigenvalue weighted by molar-refractivity contribution is 7.14. The lowest BCUT2D eigenvalue weighted by Gasteiger charge is -2.05. The van der Waals surface area contributed by atoms with Gasteiger partial charge >= 0.3 is 0 Å². The smallest absolute Gasteiger partial charge is 0.220 e. The fraction of sp³-hybridized carbons (Fsp3) is 0.350. The van der Waals surface area contributed by atoms with Crippen LogP contribution in [0.2, 0.25) is 5.02 Å². The molecule has 2 rings (SSSR count). The Hall–Kier alpha value is -1.98. The van der Waals surface area contributed by atoms with E-state index in [1.165, 1.54) is 11.3 Å². The number of Topliss-reactive ketones (excluding diaryl/α,β-unsaturated/α-hetero) is 2. The van der Waals surface area contributed by atoms with Crippen molar-refractivity contribution in [2.75, 3.05) is 6.54 Å². The predicted octanol–water partition coefficient (Wildman–Crippen LogP) is 4.38. The van der Waals surface area contributed by atoms with Crippen molar-refractivity contribution in [2.45, 2.75) is 39.0 Å². The number of aryl methyl sites for hydroxylation is 1. The van der Waals surface area contributed by atoms with Crippen LogP contribution in [0.5, 0.6) is 0 Å². The summed E-state index contributed by atoms with van der Waals surface area (Å²) < 4.78 is 0. The summed E-state index contributed by atoms with van der Waals surface area (Å²) in [5, 5.41) is 3.49. The second-order valence-electron chi connectivity index (χ2n) is 6.10. The molecule has 2 aromatic rings. The van der Waals surface area contributed by atoms with Crippen LogP contribution < -0.4 is 5.32 Å². The third-order valence-electron chi connectivity index (χ3n) is 3.93. The number of rotatable bonds is 10. The van der Waals surface area contributed by atoms with E-state index in [0.29, 0.717) is 22.9 Å². The van der Waals surface area contributed by atoms with Crippen LogP contribution in [0.3, 0.4) is 0 Å². The third kappa shape index (κ3) is 7.10. The number of hydrogen-bond donors (Lipinski definition) is 1. The molecule has 6 heteroatoms. The van der Waals surface area contributed by atoms with Gasteiger partial charge in [-0.2, -0.15) is 0 Å². The van der Waals surface area contributed by atoms with E-state index in [4.69, 9.17) is 11.6 Å². The molecular formula is C20H22ClNO3S. The minimum atomic E-state index is -0.146. The maximum absolute atomic E-state index is 12.0. The number of hydrogen-bond acceptors (Lipinski definition) is 4. The van der Waals surface area contributed by atoms with Gasteiger partial charge in [-0.1, -0.05) is 23.7 Å². The second kappa shape index (κ2) is 10.2. The van der Waals surface area contributed by atoms with Crippen LogP contribution in [-0.2, 0) is 16.0 Å². The zero-order chi connectivity index (χ0) is 18.9. The van der Waals surface area contributed by atoms with E-state index in [9.17, 15) is 14.4 Å². The van der Waals surface area contributed by atoms with Crippen molar-refractivity contribution in [1.82, 2.24) is 5.32 Å². The highest BCUT2D eigenvalue weighted by Crippen LogP contribution is 2.17. The Kier molecular flexibility index (Phi) is 8.01. The molecule has 0 bridgehead atoms. The molecule has 0 aliphatic carbocycles. The van der Waals surface area contributed by atoms with Gasteiger partial charge in [0.15, 0.2) is 5.78 Å². The fourth-order valence-corrected chi connectivity index (χ4v) is 3.39. The molecule has 1 aromatic carbocycles. The lowest BCUT2D eigenvalue weighted by molar-refractivity contribution is -0.125. The molecule has 1 amide bonds. The van der Waals surface area contributed by atoms with Crippen LogP contribution in [0.1, 0.15) is 45.8 Å². The van der Waals surface area contributed by atoms with Crippen LogP contribution in [0.25, 0.3) is 0 Å². The highest BCUT2D eigenvalue weighted by Gasteiger charge is 2.12. The van der Waals surface area contributed by atoms with Crippen molar-refractivity contribution < 1.29 is 14.4 Å². The minimum absolute atomic E-state index is 0.0103. The molecule has 0 aliphatic heterocycles. The topological polar surface area (TPSA) is 63.2 Å². The van der Waals surface area contributed by atoms with Gasteiger partial charge in [-0.25, -0.2) is 0 Å². The van der Waals surface area contributed by atoms with E-state index in [1.54, 1.807) is 6.07 Å². The molecular weight excluding hydrogens is 370 g/mol. The zero-order valence-electron chi connectivity index (χ0n) is 14.7. The molecule has 26 heavy (non-hydrogen) atoms. The average Bonchev–Trinajstić information content (AvgIpc) is 3.06. The summed E-state index contributed by atoms with van der Waals surface area (Å²) in [6, 6.07) is 11.2. The van der Waals surface area contributed by atoms with Crippen molar-refractivity contribution >= 4 is 40.4 Å². The van der Waals surface area contributed by atoms with Crippen molar-refractivity contribution in [1.29, 1.82) is 0 Å².